The van der Waals surface area contributed by atoms with Gasteiger partial charge in [-0.05, 0) is 30.7 Å². The number of hydrogen-bond acceptors (Lipinski definition) is 4. The van der Waals surface area contributed by atoms with E-state index in [9.17, 15) is 4.39 Å². The first-order chi connectivity index (χ1) is 9.74. The number of rotatable bonds is 3. The summed E-state index contributed by atoms with van der Waals surface area (Å²) in [5.74, 6) is 0.545. The van der Waals surface area contributed by atoms with Crippen molar-refractivity contribution in [2.24, 2.45) is 0 Å². The lowest BCUT2D eigenvalue weighted by Crippen LogP contribution is -2.42. The third-order valence-corrected chi connectivity index (χ3v) is 3.67. The van der Waals surface area contributed by atoms with Crippen molar-refractivity contribution < 1.29 is 8.91 Å². The average molecular weight is 275 g/mol. The van der Waals surface area contributed by atoms with Crippen molar-refractivity contribution in [2.45, 2.75) is 13.5 Å². The van der Waals surface area contributed by atoms with Gasteiger partial charge in [0, 0.05) is 43.9 Å². The van der Waals surface area contributed by atoms with E-state index in [4.69, 9.17) is 4.52 Å². The first kappa shape index (κ1) is 13.3. The molecular weight excluding hydrogens is 257 g/mol. The van der Waals surface area contributed by atoms with Gasteiger partial charge in [0.05, 0.1) is 6.20 Å². The Morgan fingerprint density at radius 1 is 1.35 bits per heavy atom. The van der Waals surface area contributed by atoms with Crippen LogP contribution in [0, 0.1) is 12.7 Å². The molecule has 0 saturated carbocycles. The molecule has 1 saturated heterocycles. The second-order valence-corrected chi connectivity index (χ2v) is 5.17. The molecule has 20 heavy (non-hydrogen) atoms. The monoisotopic (exact) mass is 275 g/mol. The first-order valence-electron chi connectivity index (χ1n) is 6.87. The molecule has 0 spiro atoms. The minimum atomic E-state index is -0.197. The molecular formula is C15H18FN3O. The van der Waals surface area contributed by atoms with E-state index in [0.29, 0.717) is 5.56 Å². The molecule has 0 atom stereocenters. The Kier molecular flexibility index (Phi) is 3.80. The van der Waals surface area contributed by atoms with Gasteiger partial charge in [-0.3, -0.25) is 4.90 Å². The third-order valence-electron chi connectivity index (χ3n) is 3.67. The topological polar surface area (TPSA) is 41.3 Å². The molecule has 1 aromatic carbocycles. The number of halogens is 1. The molecule has 0 unspecified atom stereocenters. The highest BCUT2D eigenvalue weighted by molar-refractivity contribution is 5.61. The maximum absolute atomic E-state index is 13.4. The van der Waals surface area contributed by atoms with Gasteiger partial charge in [0.25, 0.3) is 0 Å². The van der Waals surface area contributed by atoms with Gasteiger partial charge >= 0.3 is 0 Å². The summed E-state index contributed by atoms with van der Waals surface area (Å²) < 4.78 is 18.7. The van der Waals surface area contributed by atoms with E-state index < -0.39 is 0 Å². The van der Waals surface area contributed by atoms with E-state index >= 15 is 0 Å². The minimum absolute atomic E-state index is 0.197. The van der Waals surface area contributed by atoms with Gasteiger partial charge in [-0.1, -0.05) is 5.16 Å². The highest BCUT2D eigenvalue weighted by Gasteiger charge is 2.16. The van der Waals surface area contributed by atoms with E-state index in [2.05, 4.69) is 15.4 Å². The molecule has 1 fully saturated rings. The summed E-state index contributed by atoms with van der Waals surface area (Å²) in [5.41, 5.74) is 2.55. The van der Waals surface area contributed by atoms with Gasteiger partial charge in [0.15, 0.2) is 5.76 Å². The third kappa shape index (κ3) is 2.73. The van der Waals surface area contributed by atoms with Crippen LogP contribution in [-0.2, 0) is 6.54 Å². The van der Waals surface area contributed by atoms with Crippen LogP contribution in [0.1, 0.15) is 11.1 Å². The molecule has 2 heterocycles. The number of hydrogen-bond donors (Lipinski definition) is 1. The number of nitrogens with zero attached hydrogens (tertiary/aromatic N) is 2. The Hall–Kier alpha value is -1.72. The summed E-state index contributed by atoms with van der Waals surface area (Å²) in [7, 11) is 0. The van der Waals surface area contributed by atoms with Crippen LogP contribution in [0.15, 0.2) is 28.9 Å². The van der Waals surface area contributed by atoms with E-state index in [0.717, 1.165) is 49.6 Å². The van der Waals surface area contributed by atoms with Crippen molar-refractivity contribution in [3.8, 4) is 11.3 Å². The Morgan fingerprint density at radius 2 is 2.15 bits per heavy atom. The lowest BCUT2D eigenvalue weighted by molar-refractivity contribution is 0.233. The zero-order valence-corrected chi connectivity index (χ0v) is 11.5. The van der Waals surface area contributed by atoms with Crippen LogP contribution in [-0.4, -0.2) is 36.2 Å². The number of piperazine rings is 1. The SMILES string of the molecule is Cc1cc(-c2oncc2CN2CCNCC2)ccc1F. The molecule has 1 aromatic heterocycles. The molecule has 1 N–H and O–H groups in total. The van der Waals surface area contributed by atoms with Crippen molar-refractivity contribution in [2.75, 3.05) is 26.2 Å². The number of nitrogens with one attached hydrogen (secondary N) is 1. The Balaban J connectivity index is 1.83. The molecule has 1 aliphatic heterocycles. The van der Waals surface area contributed by atoms with Gasteiger partial charge in [0.2, 0.25) is 0 Å². The number of aromatic nitrogens is 1. The molecule has 0 aliphatic carbocycles. The maximum atomic E-state index is 13.4. The van der Waals surface area contributed by atoms with E-state index in [1.807, 2.05) is 0 Å². The van der Waals surface area contributed by atoms with Crippen molar-refractivity contribution in [1.29, 1.82) is 0 Å². The van der Waals surface area contributed by atoms with E-state index in [1.54, 1.807) is 25.3 Å². The molecule has 0 bridgehead atoms. The fourth-order valence-electron chi connectivity index (χ4n) is 2.51. The van der Waals surface area contributed by atoms with Crippen LogP contribution in [0.4, 0.5) is 4.39 Å². The van der Waals surface area contributed by atoms with Crippen LogP contribution >= 0.6 is 0 Å². The Morgan fingerprint density at radius 3 is 2.90 bits per heavy atom. The van der Waals surface area contributed by atoms with Crippen LogP contribution in [0.5, 0.6) is 0 Å². The fourth-order valence-corrected chi connectivity index (χ4v) is 2.51. The summed E-state index contributed by atoms with van der Waals surface area (Å²) in [6.45, 7) is 6.63. The molecule has 4 nitrogen and oxygen atoms in total. The Labute approximate surface area is 117 Å². The highest BCUT2D eigenvalue weighted by Crippen LogP contribution is 2.26. The predicted molar refractivity (Wildman–Crippen MR) is 74.8 cm³/mol. The number of aryl methyl sites for hydroxylation is 1. The zero-order chi connectivity index (χ0) is 13.9. The lowest BCUT2D eigenvalue weighted by atomic mass is 10.1. The Bertz CT molecular complexity index is 591. The normalized spacial score (nSPS) is 16.5. The number of benzene rings is 1. The smallest absolute Gasteiger partial charge is 0.171 e. The summed E-state index contributed by atoms with van der Waals surface area (Å²) in [4.78, 5) is 2.36. The summed E-state index contributed by atoms with van der Waals surface area (Å²) in [6, 6.07) is 5.02. The molecule has 106 valence electrons. The van der Waals surface area contributed by atoms with Crippen molar-refractivity contribution in [3.63, 3.8) is 0 Å². The molecule has 2 aromatic rings. The quantitative estimate of drug-likeness (QED) is 0.932. The standard InChI is InChI=1S/C15H18FN3O/c1-11-8-12(2-3-14(11)16)15-13(9-18-20-15)10-19-6-4-17-5-7-19/h2-3,8-9,17H,4-7,10H2,1H3. The molecule has 0 amide bonds. The zero-order valence-electron chi connectivity index (χ0n) is 11.5. The molecule has 5 heteroatoms. The van der Waals surface area contributed by atoms with Gasteiger partial charge in [-0.15, -0.1) is 0 Å². The van der Waals surface area contributed by atoms with E-state index in [1.165, 1.54) is 6.07 Å². The van der Waals surface area contributed by atoms with Crippen LogP contribution in [0.3, 0.4) is 0 Å². The van der Waals surface area contributed by atoms with Gasteiger partial charge in [-0.2, -0.15) is 0 Å². The van der Waals surface area contributed by atoms with Crippen LogP contribution in [0.2, 0.25) is 0 Å². The lowest BCUT2D eigenvalue weighted by Gasteiger charge is -2.26. The second-order valence-electron chi connectivity index (χ2n) is 5.17. The van der Waals surface area contributed by atoms with Crippen molar-refractivity contribution >= 4 is 0 Å². The van der Waals surface area contributed by atoms with Gasteiger partial charge < -0.3 is 9.84 Å². The second kappa shape index (κ2) is 5.73. The van der Waals surface area contributed by atoms with Crippen molar-refractivity contribution in [1.82, 2.24) is 15.4 Å². The average Bonchev–Trinajstić information content (AvgIpc) is 2.91. The fraction of sp³-hybridized carbons (Fsp3) is 0.400. The summed E-state index contributed by atoms with van der Waals surface area (Å²) in [6.07, 6.45) is 1.76. The molecule has 3 rings (SSSR count). The van der Waals surface area contributed by atoms with Gasteiger partial charge in [0.1, 0.15) is 5.82 Å². The first-order valence-corrected chi connectivity index (χ1v) is 6.87. The highest BCUT2D eigenvalue weighted by atomic mass is 19.1. The summed E-state index contributed by atoms with van der Waals surface area (Å²) in [5, 5.41) is 7.24. The summed E-state index contributed by atoms with van der Waals surface area (Å²) >= 11 is 0. The largest absolute Gasteiger partial charge is 0.356 e. The predicted octanol–water partition coefficient (Wildman–Crippen LogP) is 2.19. The minimum Gasteiger partial charge on any atom is -0.356 e. The molecule has 0 radical (unpaired) electrons. The van der Waals surface area contributed by atoms with Crippen molar-refractivity contribution in [3.05, 3.63) is 41.3 Å². The van der Waals surface area contributed by atoms with Crippen LogP contribution in [0.25, 0.3) is 11.3 Å². The maximum Gasteiger partial charge on any atom is 0.171 e. The molecule has 1 aliphatic rings. The van der Waals surface area contributed by atoms with Gasteiger partial charge in [-0.25, -0.2) is 4.39 Å². The van der Waals surface area contributed by atoms with Crippen LogP contribution < -0.4 is 5.32 Å². The van der Waals surface area contributed by atoms with E-state index in [-0.39, 0.29) is 5.82 Å².